The quantitative estimate of drug-likeness (QED) is 0.775. The first-order chi connectivity index (χ1) is 6.70. The van der Waals surface area contributed by atoms with Crippen LogP contribution in [0.5, 0.6) is 0 Å². The summed E-state index contributed by atoms with van der Waals surface area (Å²) in [5.74, 6) is 1.46. The van der Waals surface area contributed by atoms with Gasteiger partial charge in [0.1, 0.15) is 0 Å². The second kappa shape index (κ2) is 5.76. The number of aromatic nitrogens is 1. The van der Waals surface area contributed by atoms with Crippen LogP contribution in [0.15, 0.2) is 24.4 Å². The van der Waals surface area contributed by atoms with E-state index in [1.54, 1.807) is 0 Å². The number of hydrogen-bond acceptors (Lipinski definition) is 2. The lowest BCUT2D eigenvalue weighted by Gasteiger charge is -2.15. The molecule has 0 radical (unpaired) electrons. The molecule has 78 valence electrons. The lowest BCUT2D eigenvalue weighted by molar-refractivity contribution is 0.391. The van der Waals surface area contributed by atoms with Gasteiger partial charge in [0.15, 0.2) is 0 Å². The molecule has 0 aliphatic rings. The van der Waals surface area contributed by atoms with Gasteiger partial charge in [-0.25, -0.2) is 0 Å². The average molecular weight is 192 g/mol. The van der Waals surface area contributed by atoms with Crippen LogP contribution in [0.4, 0.5) is 0 Å². The van der Waals surface area contributed by atoms with E-state index in [4.69, 9.17) is 0 Å². The Balaban J connectivity index is 2.22. The van der Waals surface area contributed by atoms with Gasteiger partial charge < -0.3 is 5.32 Å². The van der Waals surface area contributed by atoms with Crippen LogP contribution < -0.4 is 5.32 Å². The topological polar surface area (TPSA) is 24.9 Å². The van der Waals surface area contributed by atoms with Gasteiger partial charge in [-0.1, -0.05) is 26.8 Å². The van der Waals surface area contributed by atoms with Crippen molar-refractivity contribution in [3.8, 4) is 0 Å². The molecule has 2 nitrogen and oxygen atoms in total. The molecular weight excluding hydrogens is 172 g/mol. The first-order valence-electron chi connectivity index (χ1n) is 5.30. The van der Waals surface area contributed by atoms with E-state index in [2.05, 4.69) is 31.1 Å². The highest BCUT2D eigenvalue weighted by molar-refractivity contribution is 5.02. The van der Waals surface area contributed by atoms with Gasteiger partial charge in [-0.3, -0.25) is 4.98 Å². The molecule has 1 N–H and O–H groups in total. The van der Waals surface area contributed by atoms with Crippen molar-refractivity contribution in [1.82, 2.24) is 10.3 Å². The molecule has 0 amide bonds. The number of nitrogens with one attached hydrogen (secondary N) is 1. The highest BCUT2D eigenvalue weighted by atomic mass is 14.9. The molecule has 1 aromatic heterocycles. The number of hydrogen-bond donors (Lipinski definition) is 1. The van der Waals surface area contributed by atoms with Crippen molar-refractivity contribution < 1.29 is 0 Å². The summed E-state index contributed by atoms with van der Waals surface area (Å²) in [6.45, 7) is 8.72. The van der Waals surface area contributed by atoms with Crippen LogP contribution in [0.2, 0.25) is 0 Å². The van der Waals surface area contributed by atoms with Crippen LogP contribution in [0.25, 0.3) is 0 Å². The van der Waals surface area contributed by atoms with E-state index in [1.807, 2.05) is 24.4 Å². The molecule has 0 saturated heterocycles. The lowest BCUT2D eigenvalue weighted by atomic mass is 9.98. The standard InChI is InChI=1S/C12H20N2/c1-10(2)11(3)8-13-9-12-6-4-5-7-14-12/h4-7,10-11,13H,8-9H2,1-3H3. The van der Waals surface area contributed by atoms with E-state index in [0.29, 0.717) is 0 Å². The monoisotopic (exact) mass is 192 g/mol. The molecule has 1 heterocycles. The van der Waals surface area contributed by atoms with Crippen molar-refractivity contribution in [2.24, 2.45) is 11.8 Å². The second-order valence-corrected chi connectivity index (χ2v) is 4.17. The summed E-state index contributed by atoms with van der Waals surface area (Å²) in [5.41, 5.74) is 1.11. The number of rotatable bonds is 5. The summed E-state index contributed by atoms with van der Waals surface area (Å²) in [7, 11) is 0. The minimum Gasteiger partial charge on any atom is -0.311 e. The van der Waals surface area contributed by atoms with Crippen molar-refractivity contribution in [3.63, 3.8) is 0 Å². The fourth-order valence-electron chi connectivity index (χ4n) is 1.17. The van der Waals surface area contributed by atoms with Gasteiger partial charge in [0.2, 0.25) is 0 Å². The fourth-order valence-corrected chi connectivity index (χ4v) is 1.17. The van der Waals surface area contributed by atoms with Gasteiger partial charge in [-0.15, -0.1) is 0 Å². The predicted octanol–water partition coefficient (Wildman–Crippen LogP) is 2.46. The van der Waals surface area contributed by atoms with Crippen molar-refractivity contribution in [1.29, 1.82) is 0 Å². The second-order valence-electron chi connectivity index (χ2n) is 4.17. The van der Waals surface area contributed by atoms with Crippen LogP contribution in [0.1, 0.15) is 26.5 Å². The normalized spacial score (nSPS) is 13.1. The summed E-state index contributed by atoms with van der Waals surface area (Å²) >= 11 is 0. The fraction of sp³-hybridized carbons (Fsp3) is 0.583. The van der Waals surface area contributed by atoms with E-state index in [0.717, 1.165) is 30.6 Å². The molecule has 0 spiro atoms. The maximum atomic E-state index is 4.26. The van der Waals surface area contributed by atoms with Crippen LogP contribution in [0.3, 0.4) is 0 Å². The van der Waals surface area contributed by atoms with Gasteiger partial charge in [-0.05, 0) is 30.5 Å². The van der Waals surface area contributed by atoms with E-state index in [-0.39, 0.29) is 0 Å². The Bertz CT molecular complexity index is 244. The van der Waals surface area contributed by atoms with E-state index >= 15 is 0 Å². The van der Waals surface area contributed by atoms with E-state index in [1.165, 1.54) is 0 Å². The molecule has 0 aliphatic heterocycles. The average Bonchev–Trinajstić information content (AvgIpc) is 2.19. The summed E-state index contributed by atoms with van der Waals surface area (Å²) in [4.78, 5) is 4.26. The van der Waals surface area contributed by atoms with E-state index in [9.17, 15) is 0 Å². The molecule has 1 aromatic rings. The molecule has 14 heavy (non-hydrogen) atoms. The molecule has 1 atom stereocenters. The predicted molar refractivity (Wildman–Crippen MR) is 59.9 cm³/mol. The first kappa shape index (κ1) is 11.2. The molecule has 0 aliphatic carbocycles. The molecule has 0 aromatic carbocycles. The maximum absolute atomic E-state index is 4.26. The first-order valence-corrected chi connectivity index (χ1v) is 5.30. The molecular formula is C12H20N2. The zero-order valence-electron chi connectivity index (χ0n) is 9.33. The minimum atomic E-state index is 0.721. The van der Waals surface area contributed by atoms with Gasteiger partial charge >= 0.3 is 0 Å². The largest absolute Gasteiger partial charge is 0.311 e. The Morgan fingerprint density at radius 2 is 2.07 bits per heavy atom. The third-order valence-corrected chi connectivity index (χ3v) is 2.64. The summed E-state index contributed by atoms with van der Waals surface area (Å²) < 4.78 is 0. The Kier molecular flexibility index (Phi) is 4.60. The summed E-state index contributed by atoms with van der Waals surface area (Å²) in [6.07, 6.45) is 1.84. The summed E-state index contributed by atoms with van der Waals surface area (Å²) in [5, 5.41) is 3.42. The van der Waals surface area contributed by atoms with Crippen LogP contribution in [-0.4, -0.2) is 11.5 Å². The smallest absolute Gasteiger partial charge is 0.0541 e. The van der Waals surface area contributed by atoms with E-state index < -0.39 is 0 Å². The van der Waals surface area contributed by atoms with Crippen LogP contribution >= 0.6 is 0 Å². The minimum absolute atomic E-state index is 0.721. The molecule has 1 unspecified atom stereocenters. The molecule has 0 bridgehead atoms. The Labute approximate surface area is 86.8 Å². The SMILES string of the molecule is CC(C)C(C)CNCc1ccccn1. The Hall–Kier alpha value is -0.890. The lowest BCUT2D eigenvalue weighted by Crippen LogP contribution is -2.24. The summed E-state index contributed by atoms with van der Waals surface area (Å²) in [6, 6.07) is 6.02. The molecule has 0 saturated carbocycles. The Morgan fingerprint density at radius 3 is 2.64 bits per heavy atom. The highest BCUT2D eigenvalue weighted by Crippen LogP contribution is 2.07. The third kappa shape index (κ3) is 3.88. The van der Waals surface area contributed by atoms with Crippen molar-refractivity contribution in [2.45, 2.75) is 27.3 Å². The van der Waals surface area contributed by atoms with Crippen LogP contribution in [0, 0.1) is 11.8 Å². The van der Waals surface area contributed by atoms with Gasteiger partial charge in [0, 0.05) is 12.7 Å². The third-order valence-electron chi connectivity index (χ3n) is 2.64. The van der Waals surface area contributed by atoms with Crippen molar-refractivity contribution >= 4 is 0 Å². The van der Waals surface area contributed by atoms with Gasteiger partial charge in [-0.2, -0.15) is 0 Å². The number of nitrogens with zero attached hydrogens (tertiary/aromatic N) is 1. The molecule has 2 heteroatoms. The Morgan fingerprint density at radius 1 is 1.29 bits per heavy atom. The molecule has 1 rings (SSSR count). The zero-order valence-corrected chi connectivity index (χ0v) is 9.33. The van der Waals surface area contributed by atoms with Gasteiger partial charge in [0.25, 0.3) is 0 Å². The van der Waals surface area contributed by atoms with Crippen LogP contribution in [-0.2, 0) is 6.54 Å². The molecule has 0 fully saturated rings. The zero-order chi connectivity index (χ0) is 10.4. The van der Waals surface area contributed by atoms with Crippen molar-refractivity contribution in [3.05, 3.63) is 30.1 Å². The number of pyridine rings is 1. The van der Waals surface area contributed by atoms with Crippen molar-refractivity contribution in [2.75, 3.05) is 6.54 Å². The highest BCUT2D eigenvalue weighted by Gasteiger charge is 2.05. The maximum Gasteiger partial charge on any atom is 0.0541 e. The van der Waals surface area contributed by atoms with Gasteiger partial charge in [0.05, 0.1) is 5.69 Å².